The van der Waals surface area contributed by atoms with Gasteiger partial charge in [0, 0.05) is 12.8 Å². The molecule has 0 aromatic heterocycles. The van der Waals surface area contributed by atoms with Crippen LogP contribution in [0.25, 0.3) is 0 Å². The first kappa shape index (κ1) is 21.6. The summed E-state index contributed by atoms with van der Waals surface area (Å²) in [6.45, 7) is 15.0. The molecule has 3 saturated carbocycles. The fourth-order valence-electron chi connectivity index (χ4n) is 8.34. The maximum Gasteiger partial charge on any atom is 0.133 e. The molecule has 0 saturated heterocycles. The van der Waals surface area contributed by atoms with Gasteiger partial charge in [0.15, 0.2) is 0 Å². The van der Waals surface area contributed by atoms with Crippen molar-refractivity contribution >= 4 is 5.78 Å². The molecular weight excluding hydrogens is 352 g/mol. The van der Waals surface area contributed by atoms with E-state index < -0.39 is 0 Å². The predicted molar refractivity (Wildman–Crippen MR) is 123 cm³/mol. The van der Waals surface area contributed by atoms with E-state index in [1.165, 1.54) is 44.9 Å². The smallest absolute Gasteiger partial charge is 0.133 e. The van der Waals surface area contributed by atoms with Gasteiger partial charge in [-0.15, -0.1) is 0 Å². The van der Waals surface area contributed by atoms with E-state index >= 15 is 0 Å². The minimum atomic E-state index is 0.399. The Labute approximate surface area is 180 Å². The number of fused-ring (bicyclic) bond motifs is 5. The van der Waals surface area contributed by atoms with Crippen molar-refractivity contribution in [2.75, 3.05) is 0 Å². The van der Waals surface area contributed by atoms with Crippen molar-refractivity contribution in [1.82, 2.24) is 0 Å². The first-order valence-electron chi connectivity index (χ1n) is 12.9. The number of ketones is 1. The molecule has 0 aromatic carbocycles. The van der Waals surface area contributed by atoms with Crippen molar-refractivity contribution in [2.24, 2.45) is 52.3 Å². The van der Waals surface area contributed by atoms with Crippen LogP contribution in [0.3, 0.4) is 0 Å². The van der Waals surface area contributed by atoms with Crippen LogP contribution in [0.5, 0.6) is 0 Å². The van der Waals surface area contributed by atoms with Gasteiger partial charge in [0.1, 0.15) is 5.78 Å². The molecule has 4 rings (SSSR count). The van der Waals surface area contributed by atoms with Crippen molar-refractivity contribution in [3.8, 4) is 0 Å². The third kappa shape index (κ3) is 3.57. The van der Waals surface area contributed by atoms with E-state index in [9.17, 15) is 4.79 Å². The van der Waals surface area contributed by atoms with E-state index in [1.54, 1.807) is 0 Å². The van der Waals surface area contributed by atoms with Crippen LogP contribution in [0.4, 0.5) is 0 Å². The highest BCUT2D eigenvalue weighted by molar-refractivity contribution is 5.79. The van der Waals surface area contributed by atoms with E-state index in [0.29, 0.717) is 22.5 Å². The van der Waals surface area contributed by atoms with E-state index in [-0.39, 0.29) is 0 Å². The molecule has 0 amide bonds. The summed E-state index contributed by atoms with van der Waals surface area (Å²) in [5, 5.41) is 0. The third-order valence-electron chi connectivity index (χ3n) is 10.9. The molecule has 8 atom stereocenters. The number of rotatable bonds is 5. The summed E-state index contributed by atoms with van der Waals surface area (Å²) in [4.78, 5) is 12.1. The predicted octanol–water partition coefficient (Wildman–Crippen LogP) is 7.84. The Balaban J connectivity index is 1.50. The van der Waals surface area contributed by atoms with Gasteiger partial charge in [0.25, 0.3) is 0 Å². The summed E-state index contributed by atoms with van der Waals surface area (Å²) in [7, 11) is 0. The molecular formula is C28H46O. The lowest BCUT2D eigenvalue weighted by molar-refractivity contribution is -0.127. The van der Waals surface area contributed by atoms with Crippen LogP contribution < -0.4 is 0 Å². The molecule has 0 spiro atoms. The first-order valence-corrected chi connectivity index (χ1v) is 12.9. The van der Waals surface area contributed by atoms with E-state index in [4.69, 9.17) is 0 Å². The molecule has 1 heteroatoms. The Bertz CT molecular complexity index is 659. The van der Waals surface area contributed by atoms with Crippen molar-refractivity contribution < 1.29 is 4.79 Å². The summed E-state index contributed by atoms with van der Waals surface area (Å²) in [6.07, 6.45) is 15.1. The lowest BCUT2D eigenvalue weighted by atomic mass is 9.47. The number of hydrogen-bond acceptors (Lipinski definition) is 1. The summed E-state index contributed by atoms with van der Waals surface area (Å²) < 4.78 is 0. The Morgan fingerprint density at radius 1 is 0.966 bits per heavy atom. The Morgan fingerprint density at radius 3 is 2.41 bits per heavy atom. The van der Waals surface area contributed by atoms with Crippen molar-refractivity contribution in [3.63, 3.8) is 0 Å². The van der Waals surface area contributed by atoms with Crippen molar-refractivity contribution in [1.29, 1.82) is 0 Å². The van der Waals surface area contributed by atoms with Crippen LogP contribution in [-0.4, -0.2) is 5.78 Å². The molecule has 0 aliphatic heterocycles. The third-order valence-corrected chi connectivity index (χ3v) is 10.9. The van der Waals surface area contributed by atoms with Crippen LogP contribution in [-0.2, 0) is 4.79 Å². The van der Waals surface area contributed by atoms with Crippen LogP contribution in [0, 0.1) is 52.3 Å². The number of hydrogen-bond donors (Lipinski definition) is 0. The SMILES string of the molecule is CC(C)[C@@H](C)CC[C@@H](C)[C@@H]1CC[C@@H]2C3=CC[C@@H]4CC(=O)CC[C@@]4(C)[C@H]3CC[C@]21C. The van der Waals surface area contributed by atoms with Gasteiger partial charge in [-0.1, -0.05) is 66.0 Å². The number of carbonyl (C=O) groups excluding carboxylic acids is 1. The molecule has 0 aromatic rings. The second-order valence-electron chi connectivity index (χ2n) is 12.5. The summed E-state index contributed by atoms with van der Waals surface area (Å²) in [5.41, 5.74) is 2.77. The molecule has 0 radical (unpaired) electrons. The number of Topliss-reactive ketones (excluding diaryl/α,β-unsaturated/α-hetero) is 1. The molecule has 164 valence electrons. The van der Waals surface area contributed by atoms with Crippen LogP contribution in [0.15, 0.2) is 11.6 Å². The van der Waals surface area contributed by atoms with Gasteiger partial charge in [0.05, 0.1) is 0 Å². The molecule has 29 heavy (non-hydrogen) atoms. The van der Waals surface area contributed by atoms with Gasteiger partial charge in [0.2, 0.25) is 0 Å². The Kier molecular flexibility index (Phi) is 5.84. The van der Waals surface area contributed by atoms with Gasteiger partial charge < -0.3 is 0 Å². The molecule has 0 unspecified atom stereocenters. The maximum atomic E-state index is 12.1. The normalized spacial score (nSPS) is 44.0. The fraction of sp³-hybridized carbons (Fsp3) is 0.893. The lowest BCUT2D eigenvalue weighted by Crippen LogP contribution is -2.49. The maximum absolute atomic E-state index is 12.1. The zero-order valence-corrected chi connectivity index (χ0v) is 20.1. The van der Waals surface area contributed by atoms with Gasteiger partial charge >= 0.3 is 0 Å². The van der Waals surface area contributed by atoms with Crippen LogP contribution in [0.2, 0.25) is 0 Å². The van der Waals surface area contributed by atoms with Crippen LogP contribution >= 0.6 is 0 Å². The second-order valence-corrected chi connectivity index (χ2v) is 12.5. The zero-order valence-electron chi connectivity index (χ0n) is 20.1. The Morgan fingerprint density at radius 2 is 1.69 bits per heavy atom. The average Bonchev–Trinajstić information content (AvgIpc) is 3.03. The highest BCUT2D eigenvalue weighted by Crippen LogP contribution is 2.66. The number of allylic oxidation sites excluding steroid dienone is 2. The lowest BCUT2D eigenvalue weighted by Gasteiger charge is -2.57. The molecule has 4 aliphatic rings. The van der Waals surface area contributed by atoms with Gasteiger partial charge in [-0.2, -0.15) is 0 Å². The van der Waals surface area contributed by atoms with Gasteiger partial charge in [-0.25, -0.2) is 0 Å². The summed E-state index contributed by atoms with van der Waals surface area (Å²) in [5.74, 6) is 6.17. The zero-order chi connectivity index (χ0) is 21.0. The molecule has 3 fully saturated rings. The van der Waals surface area contributed by atoms with Gasteiger partial charge in [-0.05, 0) is 90.8 Å². The quantitative estimate of drug-likeness (QED) is 0.431. The van der Waals surface area contributed by atoms with Crippen molar-refractivity contribution in [3.05, 3.63) is 11.6 Å². The molecule has 0 heterocycles. The number of carbonyl (C=O) groups is 1. The molecule has 1 nitrogen and oxygen atoms in total. The molecule has 4 aliphatic carbocycles. The van der Waals surface area contributed by atoms with E-state index in [2.05, 4.69) is 47.6 Å². The average molecular weight is 399 g/mol. The Hall–Kier alpha value is -0.590. The topological polar surface area (TPSA) is 17.1 Å². The minimum Gasteiger partial charge on any atom is -0.300 e. The van der Waals surface area contributed by atoms with Gasteiger partial charge in [-0.3, -0.25) is 4.79 Å². The fourth-order valence-corrected chi connectivity index (χ4v) is 8.34. The first-order chi connectivity index (χ1) is 13.7. The minimum absolute atomic E-state index is 0.399. The highest BCUT2D eigenvalue weighted by Gasteiger charge is 2.58. The molecule has 0 N–H and O–H groups in total. The van der Waals surface area contributed by atoms with Crippen molar-refractivity contribution in [2.45, 2.75) is 106 Å². The largest absolute Gasteiger partial charge is 0.300 e. The summed E-state index contributed by atoms with van der Waals surface area (Å²) >= 11 is 0. The highest BCUT2D eigenvalue weighted by atomic mass is 16.1. The second kappa shape index (κ2) is 7.83. The van der Waals surface area contributed by atoms with Crippen LogP contribution in [0.1, 0.15) is 106 Å². The van der Waals surface area contributed by atoms with E-state index in [1.807, 2.05) is 5.57 Å². The summed E-state index contributed by atoms with van der Waals surface area (Å²) in [6, 6.07) is 0. The standard InChI is InChI=1S/C28H46O/c1-18(2)19(3)7-8-20(4)24-11-12-25-23-10-9-21-17-22(29)13-15-27(21,5)26(23)14-16-28(24,25)6/h10,18-21,24-26H,7-9,11-17H2,1-6H3/t19-,20+,21+,24-,25+,26-,27+,28-/m0/s1. The van der Waals surface area contributed by atoms with E-state index in [0.717, 1.165) is 54.8 Å². The molecule has 0 bridgehead atoms. The monoisotopic (exact) mass is 398 g/mol.